The second-order valence-electron chi connectivity index (χ2n) is 11.1. The molecule has 4 aliphatic rings. The van der Waals surface area contributed by atoms with Crippen LogP contribution in [0.1, 0.15) is 71.4 Å². The zero-order chi connectivity index (χ0) is 24.3. The lowest BCUT2D eigenvalue weighted by atomic mass is 9.39. The first-order valence-electron chi connectivity index (χ1n) is 13.1. The molecule has 2 aliphatic heterocycles. The molecule has 35 heavy (non-hydrogen) atoms. The molecule has 0 atom stereocenters. The molecule has 0 unspecified atom stereocenters. The van der Waals surface area contributed by atoms with Gasteiger partial charge in [-0.2, -0.15) is 0 Å². The lowest BCUT2D eigenvalue weighted by Crippen LogP contribution is -2.30. The van der Waals surface area contributed by atoms with Crippen LogP contribution < -0.4 is 5.66 Å². The summed E-state index contributed by atoms with van der Waals surface area (Å²) in [5.74, 6) is 0. The molecule has 176 valence electrons. The van der Waals surface area contributed by atoms with E-state index in [4.69, 9.17) is 4.42 Å². The smallest absolute Gasteiger partial charge is 0.287 e. The van der Waals surface area contributed by atoms with Crippen molar-refractivity contribution >= 4 is 28.9 Å². The van der Waals surface area contributed by atoms with Gasteiger partial charge in [0.1, 0.15) is 5.58 Å². The molecule has 6 rings (SSSR count). The van der Waals surface area contributed by atoms with Crippen LogP contribution in [0.25, 0.3) is 16.5 Å². The predicted molar refractivity (Wildman–Crippen MR) is 149 cm³/mol. The first kappa shape index (κ1) is 22.3. The molecule has 0 saturated carbocycles. The second-order valence-corrected chi connectivity index (χ2v) is 11.1. The molecule has 0 N–H and O–H groups in total. The molecular formula is C32H34BNO. The zero-order valence-corrected chi connectivity index (χ0v) is 21.6. The predicted octanol–water partition coefficient (Wildman–Crippen LogP) is 7.91. The third-order valence-corrected chi connectivity index (χ3v) is 7.93. The van der Waals surface area contributed by atoms with Gasteiger partial charge in [-0.1, -0.05) is 75.7 Å². The fraction of sp³-hybridized carbons (Fsp3) is 0.312. The average molecular weight is 459 g/mol. The van der Waals surface area contributed by atoms with Crippen molar-refractivity contribution in [3.8, 4) is 0 Å². The van der Waals surface area contributed by atoms with Crippen molar-refractivity contribution < 1.29 is 4.42 Å². The topological polar surface area (TPSA) is 16.4 Å². The molecule has 3 heteroatoms. The SMILES string of the molecule is C/C=C1\C2=C(CC)N(C3=CC=CCC3)C3=CC=CC=C(C3)B2c2oc3ccc(C(C)(C)C)cc3c21. The molecule has 0 saturated heterocycles. The maximum atomic E-state index is 6.74. The summed E-state index contributed by atoms with van der Waals surface area (Å²) >= 11 is 0. The Morgan fingerprint density at radius 3 is 2.57 bits per heavy atom. The van der Waals surface area contributed by atoms with Gasteiger partial charge in [-0.25, -0.2) is 0 Å². The van der Waals surface area contributed by atoms with Gasteiger partial charge in [0.05, 0.1) is 5.66 Å². The summed E-state index contributed by atoms with van der Waals surface area (Å²) < 4.78 is 6.74. The highest BCUT2D eigenvalue weighted by Crippen LogP contribution is 2.48. The normalized spacial score (nSPS) is 20.6. The van der Waals surface area contributed by atoms with E-state index in [9.17, 15) is 0 Å². The van der Waals surface area contributed by atoms with Crippen molar-refractivity contribution in [1.29, 1.82) is 0 Å². The highest BCUT2D eigenvalue weighted by Gasteiger charge is 2.46. The number of fused-ring (bicyclic) bond motifs is 8. The van der Waals surface area contributed by atoms with Crippen molar-refractivity contribution in [2.75, 3.05) is 0 Å². The highest BCUT2D eigenvalue weighted by molar-refractivity contribution is 6.90. The molecule has 0 fully saturated rings. The van der Waals surface area contributed by atoms with E-state index in [1.807, 2.05) is 0 Å². The van der Waals surface area contributed by atoms with E-state index < -0.39 is 0 Å². The first-order chi connectivity index (χ1) is 16.9. The van der Waals surface area contributed by atoms with Gasteiger partial charge in [-0.3, -0.25) is 0 Å². The van der Waals surface area contributed by atoms with Crippen molar-refractivity contribution in [2.45, 2.75) is 65.7 Å². The van der Waals surface area contributed by atoms with Gasteiger partial charge in [-0.05, 0) is 72.5 Å². The Kier molecular flexibility index (Phi) is 5.21. The number of hydrogen-bond acceptors (Lipinski definition) is 2. The third-order valence-electron chi connectivity index (χ3n) is 7.93. The van der Waals surface area contributed by atoms with Gasteiger partial charge >= 0.3 is 0 Å². The van der Waals surface area contributed by atoms with Gasteiger partial charge in [0.15, 0.2) is 0 Å². The molecule has 2 bridgehead atoms. The maximum absolute atomic E-state index is 6.74. The van der Waals surface area contributed by atoms with Crippen LogP contribution in [0, 0.1) is 0 Å². The van der Waals surface area contributed by atoms with E-state index in [2.05, 4.69) is 106 Å². The standard InChI is InChI=1S/C32H34BNO/c1-6-25-29-26-19-21(32(3,4)5)17-18-28(26)35-31(29)33-22-13-11-12-16-24(20-22)34(27(7-2)30(25)33)23-14-9-8-10-15-23/h6,8-9,11-14,16-19H,7,10,15,20H2,1-5H3/b25-6-. The Balaban J connectivity index is 1.66. The van der Waals surface area contributed by atoms with Crippen molar-refractivity contribution in [3.63, 3.8) is 0 Å². The minimum absolute atomic E-state index is 0.0945. The number of benzene rings is 1. The van der Waals surface area contributed by atoms with E-state index in [1.165, 1.54) is 50.1 Å². The van der Waals surface area contributed by atoms with Crippen LogP contribution in [0.3, 0.4) is 0 Å². The molecule has 0 radical (unpaired) electrons. The van der Waals surface area contributed by atoms with Crippen LogP contribution >= 0.6 is 0 Å². The fourth-order valence-electron chi connectivity index (χ4n) is 6.26. The molecule has 2 nitrogen and oxygen atoms in total. The average Bonchev–Trinajstić information content (AvgIpc) is 3.20. The van der Waals surface area contributed by atoms with E-state index in [0.717, 1.165) is 36.9 Å². The number of rotatable bonds is 2. The van der Waals surface area contributed by atoms with Gasteiger partial charge < -0.3 is 9.32 Å². The minimum atomic E-state index is 0.0945. The highest BCUT2D eigenvalue weighted by atomic mass is 16.3. The van der Waals surface area contributed by atoms with Crippen LogP contribution in [0.2, 0.25) is 0 Å². The van der Waals surface area contributed by atoms with Crippen LogP contribution in [0.5, 0.6) is 0 Å². The number of allylic oxidation sites excluding steroid dienone is 13. The monoisotopic (exact) mass is 459 g/mol. The lowest BCUT2D eigenvalue weighted by molar-refractivity contribution is 0.476. The molecule has 3 heterocycles. The Morgan fingerprint density at radius 2 is 1.86 bits per heavy atom. The molecular weight excluding hydrogens is 425 g/mol. The number of hydrogen-bond donors (Lipinski definition) is 0. The van der Waals surface area contributed by atoms with Crippen LogP contribution in [-0.4, -0.2) is 11.6 Å². The number of furan rings is 1. The van der Waals surface area contributed by atoms with Crippen LogP contribution in [0.15, 0.2) is 99.3 Å². The lowest BCUT2D eigenvalue weighted by Gasteiger charge is -2.33. The third kappa shape index (κ3) is 3.39. The van der Waals surface area contributed by atoms with E-state index >= 15 is 0 Å². The maximum Gasteiger partial charge on any atom is 0.287 e. The first-order valence-corrected chi connectivity index (χ1v) is 13.1. The van der Waals surface area contributed by atoms with Gasteiger partial charge in [-0.15, -0.1) is 0 Å². The van der Waals surface area contributed by atoms with Gasteiger partial charge in [0.2, 0.25) is 0 Å². The van der Waals surface area contributed by atoms with Gasteiger partial charge in [0, 0.05) is 34.5 Å². The van der Waals surface area contributed by atoms with Crippen molar-refractivity contribution in [1.82, 2.24) is 4.90 Å². The summed E-state index contributed by atoms with van der Waals surface area (Å²) in [6.07, 6.45) is 22.3. The van der Waals surface area contributed by atoms with Crippen LogP contribution in [-0.2, 0) is 5.41 Å². The van der Waals surface area contributed by atoms with Crippen molar-refractivity contribution in [2.24, 2.45) is 0 Å². The Morgan fingerprint density at radius 1 is 1.06 bits per heavy atom. The van der Waals surface area contributed by atoms with Crippen molar-refractivity contribution in [3.05, 3.63) is 106 Å². The summed E-state index contributed by atoms with van der Waals surface area (Å²) in [5, 5.41) is 1.25. The minimum Gasteiger partial charge on any atom is -0.470 e. The molecule has 2 aromatic rings. The molecule has 0 spiro atoms. The van der Waals surface area contributed by atoms with E-state index in [0.29, 0.717) is 0 Å². The Labute approximate surface area is 209 Å². The summed E-state index contributed by atoms with van der Waals surface area (Å²) in [5.41, 5.74) is 13.3. The van der Waals surface area contributed by atoms with Crippen LogP contribution in [0.4, 0.5) is 0 Å². The Hall–Kier alpha value is -3.20. The number of nitrogens with zero attached hydrogens (tertiary/aromatic N) is 1. The summed E-state index contributed by atoms with van der Waals surface area (Å²) in [7, 11) is 0. The quantitative estimate of drug-likeness (QED) is 0.424. The fourth-order valence-corrected chi connectivity index (χ4v) is 6.26. The largest absolute Gasteiger partial charge is 0.470 e. The van der Waals surface area contributed by atoms with E-state index in [-0.39, 0.29) is 12.1 Å². The van der Waals surface area contributed by atoms with Gasteiger partial charge in [0.25, 0.3) is 6.71 Å². The molecule has 0 amide bonds. The molecule has 2 aliphatic carbocycles. The zero-order valence-electron chi connectivity index (χ0n) is 21.6. The Bertz CT molecular complexity index is 1440. The molecule has 1 aromatic heterocycles. The van der Waals surface area contributed by atoms with E-state index in [1.54, 1.807) is 0 Å². The molecule has 1 aromatic carbocycles. The summed E-state index contributed by atoms with van der Waals surface area (Å²) in [6, 6.07) is 6.79. The second kappa shape index (κ2) is 8.19. The summed E-state index contributed by atoms with van der Waals surface area (Å²) in [6.45, 7) is 11.5. The summed E-state index contributed by atoms with van der Waals surface area (Å²) in [4.78, 5) is 2.58.